The molecule has 1 aliphatic rings. The Hall–Kier alpha value is -3.26. The van der Waals surface area contributed by atoms with E-state index in [0.717, 1.165) is 23.8 Å². The number of carbonyl (C=O) groups is 1. The molecule has 1 N–H and O–H groups in total. The van der Waals surface area contributed by atoms with Gasteiger partial charge in [0.25, 0.3) is 0 Å². The van der Waals surface area contributed by atoms with Crippen molar-refractivity contribution in [2.24, 2.45) is 5.92 Å². The van der Waals surface area contributed by atoms with E-state index in [-0.39, 0.29) is 25.0 Å². The van der Waals surface area contributed by atoms with Gasteiger partial charge in [0.1, 0.15) is 11.6 Å². The fourth-order valence-electron chi connectivity index (χ4n) is 4.54. The van der Waals surface area contributed by atoms with Gasteiger partial charge in [-0.05, 0) is 42.2 Å². The number of benzene rings is 3. The number of likely N-dealkylation sites (tertiary alicyclic amines) is 1. The van der Waals surface area contributed by atoms with Gasteiger partial charge in [-0.2, -0.15) is 13.2 Å². The molecule has 0 aromatic heterocycles. The molecule has 0 saturated carbocycles. The van der Waals surface area contributed by atoms with E-state index in [1.54, 1.807) is 0 Å². The molecule has 1 aliphatic heterocycles. The molecular formula is C27H25F5N2O. The zero-order valence-electron chi connectivity index (χ0n) is 18.9. The third-order valence-corrected chi connectivity index (χ3v) is 6.35. The van der Waals surface area contributed by atoms with Crippen molar-refractivity contribution in [3.63, 3.8) is 0 Å². The van der Waals surface area contributed by atoms with E-state index in [1.165, 1.54) is 24.3 Å². The molecule has 4 rings (SSSR count). The van der Waals surface area contributed by atoms with E-state index < -0.39 is 29.3 Å². The van der Waals surface area contributed by atoms with Crippen LogP contribution in [0, 0.1) is 17.6 Å². The summed E-state index contributed by atoms with van der Waals surface area (Å²) < 4.78 is 66.7. The molecule has 1 heterocycles. The second-order valence-corrected chi connectivity index (χ2v) is 8.78. The maximum atomic E-state index is 14.4. The largest absolute Gasteiger partial charge is 0.416 e. The first-order valence-corrected chi connectivity index (χ1v) is 11.4. The predicted octanol–water partition coefficient (Wildman–Crippen LogP) is 6.25. The van der Waals surface area contributed by atoms with Gasteiger partial charge in [-0.25, -0.2) is 8.78 Å². The number of piperidine rings is 1. The van der Waals surface area contributed by atoms with Gasteiger partial charge < -0.3 is 5.32 Å². The van der Waals surface area contributed by atoms with Gasteiger partial charge in [0, 0.05) is 37.3 Å². The molecule has 0 aliphatic carbocycles. The number of hydrogen-bond acceptors (Lipinski definition) is 2. The summed E-state index contributed by atoms with van der Waals surface area (Å²) in [6, 6.07) is 18.0. The second kappa shape index (κ2) is 10.6. The third-order valence-electron chi connectivity index (χ3n) is 6.35. The Bertz CT molecular complexity index is 1170. The first-order chi connectivity index (χ1) is 16.7. The first-order valence-electron chi connectivity index (χ1n) is 11.4. The van der Waals surface area contributed by atoms with E-state index in [0.29, 0.717) is 30.5 Å². The van der Waals surface area contributed by atoms with Gasteiger partial charge in [-0.1, -0.05) is 48.5 Å². The minimum atomic E-state index is -4.45. The quantitative estimate of drug-likeness (QED) is 0.416. The molecule has 0 unspecified atom stereocenters. The molecule has 3 nitrogen and oxygen atoms in total. The van der Waals surface area contributed by atoms with E-state index in [4.69, 9.17) is 0 Å². The van der Waals surface area contributed by atoms with E-state index in [1.807, 2.05) is 35.2 Å². The molecule has 3 aromatic rings. The van der Waals surface area contributed by atoms with Gasteiger partial charge in [0.05, 0.1) is 11.5 Å². The lowest BCUT2D eigenvalue weighted by Crippen LogP contribution is -2.44. The lowest BCUT2D eigenvalue weighted by molar-refractivity contribution is -0.137. The normalized spacial score (nSPS) is 18.9. The minimum absolute atomic E-state index is 0.0199. The summed E-state index contributed by atoms with van der Waals surface area (Å²) in [6.07, 6.45) is -3.23. The highest BCUT2D eigenvalue weighted by atomic mass is 19.4. The summed E-state index contributed by atoms with van der Waals surface area (Å²) in [6.45, 7) is 0.516. The molecule has 0 spiro atoms. The number of halogens is 5. The molecule has 35 heavy (non-hydrogen) atoms. The Labute approximate surface area is 200 Å². The molecule has 0 bridgehead atoms. The summed E-state index contributed by atoms with van der Waals surface area (Å²) in [4.78, 5) is 14.9. The van der Waals surface area contributed by atoms with Crippen LogP contribution in [-0.2, 0) is 24.1 Å². The number of amides is 1. The zero-order valence-corrected chi connectivity index (χ0v) is 18.9. The molecule has 1 amide bonds. The van der Waals surface area contributed by atoms with Gasteiger partial charge >= 0.3 is 6.18 Å². The molecule has 184 valence electrons. The molecule has 2 atom stereocenters. The smallest absolute Gasteiger partial charge is 0.352 e. The van der Waals surface area contributed by atoms with Crippen molar-refractivity contribution in [3.05, 3.63) is 107 Å². The van der Waals surface area contributed by atoms with Gasteiger partial charge in [-0.3, -0.25) is 9.69 Å². The first kappa shape index (κ1) is 24.9. The van der Waals surface area contributed by atoms with Crippen LogP contribution in [0.25, 0.3) is 0 Å². The standard InChI is InChI=1S/C27H25F5N2O/c28-23-11-9-20(24(29)14-23)16-34-17-21(10-12-25(34)19-6-2-1-3-7-19)26(35)33-15-18-5-4-8-22(13-18)27(30,31)32/h1-9,11,13-14,21,25H,10,12,15-17H2,(H,33,35)/t21-,25+/m1/s1. The third kappa shape index (κ3) is 6.25. The highest BCUT2D eigenvalue weighted by molar-refractivity contribution is 5.79. The van der Waals surface area contributed by atoms with E-state index in [9.17, 15) is 26.7 Å². The monoisotopic (exact) mass is 488 g/mol. The average Bonchev–Trinajstić information content (AvgIpc) is 2.84. The van der Waals surface area contributed by atoms with Gasteiger partial charge in [0.2, 0.25) is 5.91 Å². The van der Waals surface area contributed by atoms with Crippen molar-refractivity contribution in [1.29, 1.82) is 0 Å². The fourth-order valence-corrected chi connectivity index (χ4v) is 4.54. The number of carbonyl (C=O) groups excluding carboxylic acids is 1. The van der Waals surface area contributed by atoms with E-state index >= 15 is 0 Å². The molecular weight excluding hydrogens is 463 g/mol. The molecule has 0 radical (unpaired) electrons. The summed E-state index contributed by atoms with van der Waals surface area (Å²) in [5.74, 6) is -1.98. The Kier molecular flexibility index (Phi) is 7.50. The number of hydrogen-bond donors (Lipinski definition) is 1. The Morgan fingerprint density at radius 3 is 2.43 bits per heavy atom. The van der Waals surface area contributed by atoms with Gasteiger partial charge in [0.15, 0.2) is 0 Å². The summed E-state index contributed by atoms with van der Waals surface area (Å²) in [7, 11) is 0. The van der Waals surface area contributed by atoms with Crippen LogP contribution in [0.4, 0.5) is 22.0 Å². The van der Waals surface area contributed by atoms with Crippen molar-refractivity contribution >= 4 is 5.91 Å². The maximum absolute atomic E-state index is 14.4. The summed E-state index contributed by atoms with van der Waals surface area (Å²) in [5, 5.41) is 2.75. The summed E-state index contributed by atoms with van der Waals surface area (Å²) in [5.41, 5.74) is 0.965. The lowest BCUT2D eigenvalue weighted by atomic mass is 9.88. The number of nitrogens with zero attached hydrogens (tertiary/aromatic N) is 1. The zero-order chi connectivity index (χ0) is 25.0. The van der Waals surface area contributed by atoms with Crippen LogP contribution in [0.5, 0.6) is 0 Å². The molecule has 3 aromatic carbocycles. The Morgan fingerprint density at radius 1 is 0.943 bits per heavy atom. The highest BCUT2D eigenvalue weighted by Crippen LogP contribution is 2.35. The topological polar surface area (TPSA) is 32.3 Å². The second-order valence-electron chi connectivity index (χ2n) is 8.78. The Balaban J connectivity index is 1.47. The lowest BCUT2D eigenvalue weighted by Gasteiger charge is -2.39. The van der Waals surface area contributed by atoms with E-state index in [2.05, 4.69) is 5.32 Å². The van der Waals surface area contributed by atoms with Crippen LogP contribution in [0.1, 0.15) is 41.1 Å². The minimum Gasteiger partial charge on any atom is -0.352 e. The molecule has 8 heteroatoms. The van der Waals surface area contributed by atoms with Crippen molar-refractivity contribution in [2.45, 2.75) is 38.1 Å². The maximum Gasteiger partial charge on any atom is 0.416 e. The van der Waals surface area contributed by atoms with Crippen LogP contribution in [0.3, 0.4) is 0 Å². The fraction of sp³-hybridized carbons (Fsp3) is 0.296. The highest BCUT2D eigenvalue weighted by Gasteiger charge is 2.33. The van der Waals surface area contributed by atoms with Crippen molar-refractivity contribution in [1.82, 2.24) is 10.2 Å². The van der Waals surface area contributed by atoms with Crippen molar-refractivity contribution < 1.29 is 26.7 Å². The van der Waals surface area contributed by atoms with Crippen LogP contribution in [0.2, 0.25) is 0 Å². The molecule has 1 saturated heterocycles. The number of nitrogens with one attached hydrogen (secondary N) is 1. The van der Waals surface area contributed by atoms with Crippen LogP contribution >= 0.6 is 0 Å². The van der Waals surface area contributed by atoms with Crippen molar-refractivity contribution in [2.75, 3.05) is 6.54 Å². The molecule has 1 fully saturated rings. The van der Waals surface area contributed by atoms with Crippen molar-refractivity contribution in [3.8, 4) is 0 Å². The predicted molar refractivity (Wildman–Crippen MR) is 122 cm³/mol. The summed E-state index contributed by atoms with van der Waals surface area (Å²) >= 11 is 0. The number of rotatable bonds is 6. The number of alkyl halides is 3. The van der Waals surface area contributed by atoms with Gasteiger partial charge in [-0.15, -0.1) is 0 Å². The van der Waals surface area contributed by atoms with Crippen LogP contribution < -0.4 is 5.32 Å². The van der Waals surface area contributed by atoms with Crippen LogP contribution in [-0.4, -0.2) is 17.4 Å². The average molecular weight is 489 g/mol. The Morgan fingerprint density at radius 2 is 1.71 bits per heavy atom. The van der Waals surface area contributed by atoms with Crippen LogP contribution in [0.15, 0.2) is 72.8 Å². The SMILES string of the molecule is O=C(NCc1cccc(C(F)(F)F)c1)[C@@H]1CC[C@@H](c2ccccc2)N(Cc2ccc(F)cc2F)C1.